The van der Waals surface area contributed by atoms with Gasteiger partial charge in [0.25, 0.3) is 0 Å². The third-order valence-electron chi connectivity index (χ3n) is 4.72. The lowest BCUT2D eigenvalue weighted by Gasteiger charge is -2.24. The highest BCUT2D eigenvalue weighted by molar-refractivity contribution is 9.10. The maximum absolute atomic E-state index is 12.6. The predicted octanol–water partition coefficient (Wildman–Crippen LogP) is 2.80. The minimum Gasteiger partial charge on any atom is -0.340 e. The summed E-state index contributed by atoms with van der Waals surface area (Å²) in [5.41, 5.74) is 1.17. The van der Waals surface area contributed by atoms with Crippen LogP contribution in [-0.2, 0) is 11.3 Å². The highest BCUT2D eigenvalue weighted by Gasteiger charge is 2.43. The molecule has 1 aliphatic heterocycles. The quantitative estimate of drug-likeness (QED) is 0.920. The molecular weight excluding hydrogens is 316 g/mol. The summed E-state index contributed by atoms with van der Waals surface area (Å²) < 4.78 is 1.07. The van der Waals surface area contributed by atoms with Crippen LogP contribution in [0.25, 0.3) is 0 Å². The second-order valence-electron chi connectivity index (χ2n) is 6.06. The summed E-state index contributed by atoms with van der Waals surface area (Å²) in [5, 5.41) is 3.44. The van der Waals surface area contributed by atoms with Gasteiger partial charge in [-0.25, -0.2) is 0 Å². The molecule has 20 heavy (non-hydrogen) atoms. The van der Waals surface area contributed by atoms with Crippen molar-refractivity contribution in [1.82, 2.24) is 10.2 Å². The van der Waals surface area contributed by atoms with Crippen molar-refractivity contribution in [3.8, 4) is 0 Å². The first-order valence-electron chi connectivity index (χ1n) is 7.38. The Labute approximate surface area is 128 Å². The van der Waals surface area contributed by atoms with Crippen LogP contribution in [0.4, 0.5) is 0 Å². The van der Waals surface area contributed by atoms with E-state index in [2.05, 4.69) is 33.4 Å². The number of carbonyl (C=O) groups is 1. The Hall–Kier alpha value is -0.870. The Morgan fingerprint density at radius 2 is 2.10 bits per heavy atom. The minimum absolute atomic E-state index is 0.0444. The molecule has 3 unspecified atom stereocenters. The smallest absolute Gasteiger partial charge is 0.240 e. The molecule has 1 heterocycles. The van der Waals surface area contributed by atoms with E-state index in [0.29, 0.717) is 12.5 Å². The number of benzene rings is 1. The lowest BCUT2D eigenvalue weighted by molar-refractivity contribution is -0.133. The molecule has 1 saturated heterocycles. The van der Waals surface area contributed by atoms with E-state index in [1.807, 2.05) is 24.1 Å². The van der Waals surface area contributed by atoms with Crippen LogP contribution in [0.3, 0.4) is 0 Å². The molecule has 1 aliphatic carbocycles. The monoisotopic (exact) mass is 336 g/mol. The Balaban J connectivity index is 1.63. The number of hydrogen-bond donors (Lipinski definition) is 1. The third-order valence-corrected chi connectivity index (χ3v) is 5.25. The Kier molecular flexibility index (Phi) is 4.13. The van der Waals surface area contributed by atoms with Crippen LogP contribution >= 0.6 is 15.9 Å². The number of rotatable bonds is 3. The van der Waals surface area contributed by atoms with Crippen LogP contribution < -0.4 is 5.32 Å². The van der Waals surface area contributed by atoms with Gasteiger partial charge in [-0.1, -0.05) is 34.5 Å². The van der Waals surface area contributed by atoms with E-state index in [9.17, 15) is 4.79 Å². The zero-order chi connectivity index (χ0) is 14.1. The fourth-order valence-corrected chi connectivity index (χ4v) is 3.90. The van der Waals surface area contributed by atoms with Gasteiger partial charge in [-0.15, -0.1) is 0 Å². The predicted molar refractivity (Wildman–Crippen MR) is 83.2 cm³/mol. The van der Waals surface area contributed by atoms with E-state index in [1.54, 1.807) is 0 Å². The molecule has 2 aliphatic rings. The highest BCUT2D eigenvalue weighted by atomic mass is 79.9. The number of halogens is 1. The first kappa shape index (κ1) is 14.1. The second kappa shape index (κ2) is 5.86. The number of likely N-dealkylation sites (N-methyl/N-ethyl adjacent to an activating group) is 1. The number of hydrogen-bond acceptors (Lipinski definition) is 2. The van der Waals surface area contributed by atoms with Crippen LogP contribution in [0, 0.1) is 11.8 Å². The number of amides is 1. The molecule has 4 heteroatoms. The van der Waals surface area contributed by atoms with Gasteiger partial charge in [-0.05, 0) is 48.9 Å². The summed E-state index contributed by atoms with van der Waals surface area (Å²) >= 11 is 3.43. The van der Waals surface area contributed by atoms with Crippen LogP contribution in [0.1, 0.15) is 24.8 Å². The summed E-state index contributed by atoms with van der Waals surface area (Å²) in [6, 6.07) is 8.22. The molecule has 0 aromatic heterocycles. The Morgan fingerprint density at radius 1 is 1.35 bits per heavy atom. The van der Waals surface area contributed by atoms with Gasteiger partial charge in [0.2, 0.25) is 5.91 Å². The van der Waals surface area contributed by atoms with Crippen molar-refractivity contribution in [3.05, 3.63) is 34.3 Å². The molecule has 1 aromatic rings. The molecule has 3 nitrogen and oxygen atoms in total. The molecule has 0 spiro atoms. The summed E-state index contributed by atoms with van der Waals surface area (Å²) in [7, 11) is 1.91. The normalized spacial score (nSPS) is 28.4. The zero-order valence-electron chi connectivity index (χ0n) is 11.8. The first-order valence-corrected chi connectivity index (χ1v) is 8.17. The molecule has 1 amide bonds. The lowest BCUT2D eigenvalue weighted by atomic mass is 9.93. The maximum atomic E-state index is 12.6. The molecule has 2 fully saturated rings. The number of nitrogens with zero attached hydrogens (tertiary/aromatic N) is 1. The van der Waals surface area contributed by atoms with Gasteiger partial charge in [0, 0.05) is 18.1 Å². The fourth-order valence-electron chi connectivity index (χ4n) is 3.64. The number of nitrogens with one attached hydrogen (secondary N) is 1. The number of fused-ring (bicyclic) bond motifs is 1. The van der Waals surface area contributed by atoms with Crippen molar-refractivity contribution in [2.45, 2.75) is 31.8 Å². The summed E-state index contributed by atoms with van der Waals surface area (Å²) in [6.07, 6.45) is 3.79. The van der Waals surface area contributed by atoms with E-state index < -0.39 is 0 Å². The van der Waals surface area contributed by atoms with Gasteiger partial charge in [0.05, 0.1) is 6.04 Å². The molecule has 1 aromatic carbocycles. The van der Waals surface area contributed by atoms with Crippen LogP contribution in [0.15, 0.2) is 28.7 Å². The van der Waals surface area contributed by atoms with E-state index in [4.69, 9.17) is 0 Å². The van der Waals surface area contributed by atoms with Gasteiger partial charge in [-0.2, -0.15) is 0 Å². The van der Waals surface area contributed by atoms with Crippen molar-refractivity contribution in [2.24, 2.45) is 11.8 Å². The summed E-state index contributed by atoms with van der Waals surface area (Å²) in [4.78, 5) is 14.5. The molecule has 1 saturated carbocycles. The summed E-state index contributed by atoms with van der Waals surface area (Å²) in [6.45, 7) is 1.70. The Morgan fingerprint density at radius 3 is 2.85 bits per heavy atom. The average Bonchev–Trinajstić information content (AvgIpc) is 3.03. The molecule has 1 N–H and O–H groups in total. The third kappa shape index (κ3) is 2.77. The lowest BCUT2D eigenvalue weighted by Crippen LogP contribution is -2.44. The van der Waals surface area contributed by atoms with Crippen LogP contribution in [0.2, 0.25) is 0 Å². The Bertz CT molecular complexity index is 488. The largest absolute Gasteiger partial charge is 0.340 e. The standard InChI is InChI=1S/C16H21BrN2O/c1-19(10-11-5-7-13(17)8-6-11)16(20)15-14-4-2-3-12(14)9-18-15/h5-8,12,14-15,18H,2-4,9-10H2,1H3. The van der Waals surface area contributed by atoms with Gasteiger partial charge in [0.1, 0.15) is 0 Å². The van der Waals surface area contributed by atoms with E-state index >= 15 is 0 Å². The van der Waals surface area contributed by atoms with Crippen LogP contribution in [-0.4, -0.2) is 30.4 Å². The second-order valence-corrected chi connectivity index (χ2v) is 6.98. The zero-order valence-corrected chi connectivity index (χ0v) is 13.4. The number of carbonyl (C=O) groups excluding carboxylic acids is 1. The van der Waals surface area contributed by atoms with E-state index in [-0.39, 0.29) is 11.9 Å². The topological polar surface area (TPSA) is 32.3 Å². The fraction of sp³-hybridized carbons (Fsp3) is 0.562. The maximum Gasteiger partial charge on any atom is 0.240 e. The molecule has 108 valence electrons. The van der Waals surface area contributed by atoms with Crippen molar-refractivity contribution in [3.63, 3.8) is 0 Å². The average molecular weight is 337 g/mol. The molecule has 3 rings (SSSR count). The van der Waals surface area contributed by atoms with Gasteiger partial charge >= 0.3 is 0 Å². The van der Waals surface area contributed by atoms with Gasteiger partial charge in [0.15, 0.2) is 0 Å². The SMILES string of the molecule is CN(Cc1ccc(Br)cc1)C(=O)C1NCC2CCCC21. The molecular formula is C16H21BrN2O. The van der Waals surface area contributed by atoms with E-state index in [0.717, 1.165) is 16.9 Å². The van der Waals surface area contributed by atoms with Gasteiger partial charge in [-0.3, -0.25) is 4.79 Å². The van der Waals surface area contributed by atoms with Crippen molar-refractivity contribution in [2.75, 3.05) is 13.6 Å². The first-order chi connectivity index (χ1) is 9.65. The van der Waals surface area contributed by atoms with Gasteiger partial charge < -0.3 is 10.2 Å². The van der Waals surface area contributed by atoms with Crippen molar-refractivity contribution in [1.29, 1.82) is 0 Å². The van der Waals surface area contributed by atoms with Crippen molar-refractivity contribution < 1.29 is 4.79 Å². The van der Waals surface area contributed by atoms with Crippen LogP contribution in [0.5, 0.6) is 0 Å². The summed E-state index contributed by atoms with van der Waals surface area (Å²) in [5.74, 6) is 1.54. The molecule has 3 atom stereocenters. The van der Waals surface area contributed by atoms with Crippen molar-refractivity contribution >= 4 is 21.8 Å². The minimum atomic E-state index is 0.0444. The highest BCUT2D eigenvalue weighted by Crippen LogP contribution is 2.38. The molecule has 0 radical (unpaired) electrons. The van der Waals surface area contributed by atoms with E-state index in [1.165, 1.54) is 24.8 Å². The molecule has 0 bridgehead atoms.